The van der Waals surface area contributed by atoms with E-state index in [4.69, 9.17) is 0 Å². The van der Waals surface area contributed by atoms with Crippen LogP contribution in [0.1, 0.15) is 5.56 Å². The largest absolute Gasteiger partial charge is 0.378 e. The summed E-state index contributed by atoms with van der Waals surface area (Å²) in [4.78, 5) is 18.7. The van der Waals surface area contributed by atoms with Crippen LogP contribution in [0.25, 0.3) is 22.2 Å². The van der Waals surface area contributed by atoms with Gasteiger partial charge in [0.15, 0.2) is 0 Å². The molecule has 0 fully saturated rings. The fraction of sp³-hybridized carbons (Fsp3) is 0.167. The average Bonchev–Trinajstić information content (AvgIpc) is 3.15. The maximum Gasteiger partial charge on any atom is 0.240 e. The molecule has 1 aromatic heterocycles. The number of nitrogens with one attached hydrogen (secondary N) is 1. The first-order chi connectivity index (χ1) is 14.1. The molecule has 1 amide bonds. The zero-order chi connectivity index (χ0) is 20.2. The van der Waals surface area contributed by atoms with Gasteiger partial charge in [-0.1, -0.05) is 48.5 Å². The Balaban J connectivity index is 1.35. The number of benzene rings is 3. The molecule has 0 saturated heterocycles. The molecule has 1 N–H and O–H groups in total. The molecule has 0 bridgehead atoms. The summed E-state index contributed by atoms with van der Waals surface area (Å²) in [6.07, 6.45) is 1.71. The standard InChI is InChI=1S/C24H24N4O/c1-27(2)21-13-11-20(12-14-21)19-9-7-18(8-10-19)15-25-24(29)16-28-17-26-22-5-3-4-6-23(22)28/h3-14,17H,15-16H2,1-2H3,(H,25,29). The molecule has 0 aliphatic rings. The molecule has 5 nitrogen and oxygen atoms in total. The first-order valence-corrected chi connectivity index (χ1v) is 9.63. The Morgan fingerprint density at radius 3 is 2.28 bits per heavy atom. The number of rotatable bonds is 6. The number of para-hydroxylation sites is 2. The van der Waals surface area contributed by atoms with Crippen molar-refractivity contribution in [3.8, 4) is 11.1 Å². The van der Waals surface area contributed by atoms with Crippen molar-refractivity contribution in [2.75, 3.05) is 19.0 Å². The van der Waals surface area contributed by atoms with E-state index in [2.05, 4.69) is 63.7 Å². The van der Waals surface area contributed by atoms with Crippen LogP contribution in [0.15, 0.2) is 79.1 Å². The van der Waals surface area contributed by atoms with Crippen LogP contribution >= 0.6 is 0 Å². The summed E-state index contributed by atoms with van der Waals surface area (Å²) >= 11 is 0. The lowest BCUT2D eigenvalue weighted by atomic mass is 10.0. The SMILES string of the molecule is CN(C)c1ccc(-c2ccc(CNC(=O)Cn3cnc4ccccc43)cc2)cc1. The minimum Gasteiger partial charge on any atom is -0.378 e. The molecular weight excluding hydrogens is 360 g/mol. The van der Waals surface area contributed by atoms with Gasteiger partial charge in [-0.3, -0.25) is 4.79 Å². The molecular formula is C24H24N4O. The Morgan fingerprint density at radius 1 is 0.931 bits per heavy atom. The number of hydrogen-bond acceptors (Lipinski definition) is 3. The second-order valence-corrected chi connectivity index (χ2v) is 7.28. The van der Waals surface area contributed by atoms with E-state index < -0.39 is 0 Å². The molecule has 3 aromatic carbocycles. The van der Waals surface area contributed by atoms with Crippen molar-refractivity contribution in [3.63, 3.8) is 0 Å². The number of aromatic nitrogens is 2. The summed E-state index contributed by atoms with van der Waals surface area (Å²) in [7, 11) is 4.07. The van der Waals surface area contributed by atoms with Crippen molar-refractivity contribution >= 4 is 22.6 Å². The minimum atomic E-state index is -0.0310. The number of anilines is 1. The van der Waals surface area contributed by atoms with Gasteiger partial charge in [0.2, 0.25) is 5.91 Å². The van der Waals surface area contributed by atoms with Gasteiger partial charge in [-0.05, 0) is 41.0 Å². The number of hydrogen-bond donors (Lipinski definition) is 1. The number of amides is 1. The molecule has 5 heteroatoms. The van der Waals surface area contributed by atoms with Crippen LogP contribution in [0.5, 0.6) is 0 Å². The Kier molecular flexibility index (Phi) is 5.29. The van der Waals surface area contributed by atoms with Gasteiger partial charge >= 0.3 is 0 Å². The Hall–Kier alpha value is -3.60. The highest BCUT2D eigenvalue weighted by atomic mass is 16.1. The fourth-order valence-electron chi connectivity index (χ4n) is 3.31. The molecule has 0 aliphatic carbocycles. The quantitative estimate of drug-likeness (QED) is 0.545. The van der Waals surface area contributed by atoms with E-state index in [0.717, 1.165) is 22.2 Å². The lowest BCUT2D eigenvalue weighted by Crippen LogP contribution is -2.26. The second-order valence-electron chi connectivity index (χ2n) is 7.28. The first-order valence-electron chi connectivity index (χ1n) is 9.63. The molecule has 0 atom stereocenters. The van der Waals surface area contributed by atoms with Gasteiger partial charge in [0, 0.05) is 26.3 Å². The minimum absolute atomic E-state index is 0.0310. The highest BCUT2D eigenvalue weighted by Gasteiger charge is 2.07. The summed E-state index contributed by atoms with van der Waals surface area (Å²) in [5.74, 6) is -0.0310. The topological polar surface area (TPSA) is 50.2 Å². The maximum atomic E-state index is 12.3. The third-order valence-corrected chi connectivity index (χ3v) is 5.00. The highest BCUT2D eigenvalue weighted by Crippen LogP contribution is 2.22. The van der Waals surface area contributed by atoms with E-state index in [1.165, 1.54) is 11.3 Å². The number of carbonyl (C=O) groups excluding carboxylic acids is 1. The van der Waals surface area contributed by atoms with E-state index in [9.17, 15) is 4.79 Å². The van der Waals surface area contributed by atoms with Crippen LogP contribution in [0.4, 0.5) is 5.69 Å². The summed E-state index contributed by atoms with van der Waals surface area (Å²) in [6.45, 7) is 0.766. The number of imidazole rings is 1. The average molecular weight is 384 g/mol. The molecule has 0 saturated carbocycles. The van der Waals surface area contributed by atoms with Crippen LogP contribution in [0.2, 0.25) is 0 Å². The number of nitrogens with zero attached hydrogens (tertiary/aromatic N) is 3. The van der Waals surface area contributed by atoms with Crippen molar-refractivity contribution < 1.29 is 4.79 Å². The van der Waals surface area contributed by atoms with Gasteiger partial charge in [0.25, 0.3) is 0 Å². The third kappa shape index (κ3) is 4.29. The summed E-state index contributed by atoms with van der Waals surface area (Å²) in [5, 5.41) is 2.99. The molecule has 0 unspecified atom stereocenters. The summed E-state index contributed by atoms with van der Waals surface area (Å²) in [6, 6.07) is 24.6. The van der Waals surface area contributed by atoms with Crippen molar-refractivity contribution in [2.45, 2.75) is 13.1 Å². The van der Waals surface area contributed by atoms with Crippen LogP contribution in [0, 0.1) is 0 Å². The number of carbonyl (C=O) groups is 1. The van der Waals surface area contributed by atoms with Crippen LogP contribution < -0.4 is 10.2 Å². The van der Waals surface area contributed by atoms with Gasteiger partial charge < -0.3 is 14.8 Å². The van der Waals surface area contributed by atoms with Crippen molar-refractivity contribution in [2.24, 2.45) is 0 Å². The lowest BCUT2D eigenvalue weighted by Gasteiger charge is -2.13. The smallest absolute Gasteiger partial charge is 0.240 e. The highest BCUT2D eigenvalue weighted by molar-refractivity contribution is 5.80. The molecule has 29 heavy (non-hydrogen) atoms. The van der Waals surface area contributed by atoms with Crippen LogP contribution in [0.3, 0.4) is 0 Å². The molecule has 0 radical (unpaired) electrons. The molecule has 4 aromatic rings. The Labute approximate surface area is 170 Å². The van der Waals surface area contributed by atoms with Crippen molar-refractivity contribution in [3.05, 3.63) is 84.7 Å². The predicted octanol–water partition coefficient (Wildman–Crippen LogP) is 4.09. The predicted molar refractivity (Wildman–Crippen MR) is 118 cm³/mol. The van der Waals surface area contributed by atoms with Crippen LogP contribution in [-0.4, -0.2) is 29.6 Å². The van der Waals surface area contributed by atoms with Gasteiger partial charge in [-0.15, -0.1) is 0 Å². The summed E-state index contributed by atoms with van der Waals surface area (Å²) in [5.41, 5.74) is 6.46. The molecule has 0 spiro atoms. The van der Waals surface area contributed by atoms with E-state index in [-0.39, 0.29) is 12.5 Å². The zero-order valence-electron chi connectivity index (χ0n) is 16.7. The monoisotopic (exact) mass is 384 g/mol. The molecule has 0 aliphatic heterocycles. The van der Waals surface area contributed by atoms with Gasteiger partial charge in [0.05, 0.1) is 17.4 Å². The fourth-order valence-corrected chi connectivity index (χ4v) is 3.31. The van der Waals surface area contributed by atoms with E-state index in [1.807, 2.05) is 42.9 Å². The first kappa shape index (κ1) is 18.7. The third-order valence-electron chi connectivity index (χ3n) is 5.00. The molecule has 4 rings (SSSR count). The van der Waals surface area contributed by atoms with Crippen LogP contribution in [-0.2, 0) is 17.9 Å². The van der Waals surface area contributed by atoms with Gasteiger partial charge in [0.1, 0.15) is 6.54 Å². The summed E-state index contributed by atoms with van der Waals surface area (Å²) < 4.78 is 1.87. The zero-order valence-corrected chi connectivity index (χ0v) is 16.7. The lowest BCUT2D eigenvalue weighted by molar-refractivity contribution is -0.121. The van der Waals surface area contributed by atoms with E-state index >= 15 is 0 Å². The van der Waals surface area contributed by atoms with E-state index in [0.29, 0.717) is 6.54 Å². The van der Waals surface area contributed by atoms with Crippen molar-refractivity contribution in [1.82, 2.24) is 14.9 Å². The van der Waals surface area contributed by atoms with E-state index in [1.54, 1.807) is 6.33 Å². The number of fused-ring (bicyclic) bond motifs is 1. The molecule has 146 valence electrons. The normalized spacial score (nSPS) is 10.8. The Morgan fingerprint density at radius 2 is 1.59 bits per heavy atom. The van der Waals surface area contributed by atoms with Crippen molar-refractivity contribution in [1.29, 1.82) is 0 Å². The van der Waals surface area contributed by atoms with Gasteiger partial charge in [-0.2, -0.15) is 0 Å². The second kappa shape index (κ2) is 8.19. The Bertz CT molecular complexity index is 1110. The van der Waals surface area contributed by atoms with Gasteiger partial charge in [-0.25, -0.2) is 4.98 Å². The molecule has 1 heterocycles. The maximum absolute atomic E-state index is 12.3.